The SMILES string of the molecule is c1ccc(-c2nc(-c3ccc(-n4c5ccccc5c5ccccc54)cc3)cc(-c3cccc(-c4nc5ccccc5c5c(-c6ccccc6)c6c(cc45)oc4ccccc46)c3)n2)cc1. The van der Waals surface area contributed by atoms with Crippen LogP contribution in [0.5, 0.6) is 0 Å². The number of pyridine rings is 1. The van der Waals surface area contributed by atoms with Gasteiger partial charge in [0.15, 0.2) is 5.82 Å². The second-order valence-corrected chi connectivity index (χ2v) is 16.3. The fraction of sp³-hybridized carbons (Fsp3) is 0. The molecule has 5 nitrogen and oxygen atoms in total. The number of para-hydroxylation sites is 4. The normalized spacial score (nSPS) is 11.8. The number of nitrogens with zero attached hydrogens (tertiary/aromatic N) is 4. The first kappa shape index (κ1) is 36.0. The van der Waals surface area contributed by atoms with Gasteiger partial charge in [0, 0.05) is 71.2 Å². The second kappa shape index (κ2) is 14.5. The van der Waals surface area contributed by atoms with Crippen LogP contribution < -0.4 is 0 Å². The summed E-state index contributed by atoms with van der Waals surface area (Å²) in [6, 6.07) is 76.5. The molecule has 13 aromatic rings. The van der Waals surface area contributed by atoms with Crippen LogP contribution in [0.1, 0.15) is 0 Å². The predicted molar refractivity (Wildman–Crippen MR) is 264 cm³/mol. The van der Waals surface area contributed by atoms with Crippen LogP contribution in [0.15, 0.2) is 223 Å². The van der Waals surface area contributed by atoms with Crippen molar-refractivity contribution in [2.45, 2.75) is 0 Å². The van der Waals surface area contributed by atoms with Crippen molar-refractivity contribution in [3.63, 3.8) is 0 Å². The van der Waals surface area contributed by atoms with E-state index in [4.69, 9.17) is 19.4 Å². The molecule has 0 aliphatic heterocycles. The molecule has 0 spiro atoms. The molecule has 0 atom stereocenters. The summed E-state index contributed by atoms with van der Waals surface area (Å²) in [6.07, 6.45) is 0. The minimum atomic E-state index is 0.666. The highest BCUT2D eigenvalue weighted by molar-refractivity contribution is 6.27. The van der Waals surface area contributed by atoms with Crippen LogP contribution in [0.25, 0.3) is 127 Å². The number of fused-ring (bicyclic) bond motifs is 9. The van der Waals surface area contributed by atoms with E-state index in [0.29, 0.717) is 5.82 Å². The van der Waals surface area contributed by atoms with E-state index in [1.807, 2.05) is 24.3 Å². The molecule has 0 radical (unpaired) electrons. The van der Waals surface area contributed by atoms with Gasteiger partial charge in [-0.1, -0.05) is 164 Å². The number of furan rings is 1. The van der Waals surface area contributed by atoms with Gasteiger partial charge in [-0.25, -0.2) is 15.0 Å². The number of aromatic nitrogens is 4. The van der Waals surface area contributed by atoms with Crippen molar-refractivity contribution in [3.05, 3.63) is 218 Å². The zero-order valence-electron chi connectivity index (χ0n) is 34.5. The molecule has 0 fully saturated rings. The fourth-order valence-electron chi connectivity index (χ4n) is 9.70. The zero-order valence-corrected chi connectivity index (χ0v) is 34.5. The lowest BCUT2D eigenvalue weighted by Gasteiger charge is -2.16. The highest BCUT2D eigenvalue weighted by atomic mass is 16.3. The van der Waals surface area contributed by atoms with E-state index in [0.717, 1.165) is 99.8 Å². The van der Waals surface area contributed by atoms with E-state index in [9.17, 15) is 0 Å². The van der Waals surface area contributed by atoms with Gasteiger partial charge in [0.1, 0.15) is 11.2 Å². The van der Waals surface area contributed by atoms with Gasteiger partial charge in [0.25, 0.3) is 0 Å². The van der Waals surface area contributed by atoms with Crippen LogP contribution in [-0.2, 0) is 0 Å². The van der Waals surface area contributed by atoms with E-state index in [1.165, 1.54) is 21.8 Å². The summed E-state index contributed by atoms with van der Waals surface area (Å²) < 4.78 is 8.99. The molecular formula is C59H36N4O. The zero-order chi connectivity index (χ0) is 42.1. The molecule has 0 amide bonds. The summed E-state index contributed by atoms with van der Waals surface area (Å²) in [7, 11) is 0. The Morgan fingerprint density at radius 3 is 1.66 bits per heavy atom. The van der Waals surface area contributed by atoms with Crippen LogP contribution in [0.3, 0.4) is 0 Å². The summed E-state index contributed by atoms with van der Waals surface area (Å²) in [6.45, 7) is 0. The molecule has 0 saturated heterocycles. The maximum atomic E-state index is 6.65. The Kier molecular flexibility index (Phi) is 8.15. The van der Waals surface area contributed by atoms with Crippen LogP contribution in [0, 0.1) is 0 Å². The Morgan fingerprint density at radius 2 is 0.922 bits per heavy atom. The lowest BCUT2D eigenvalue weighted by molar-refractivity contribution is 0.669. The molecule has 0 bridgehead atoms. The fourth-order valence-corrected chi connectivity index (χ4v) is 9.70. The Bertz CT molecular complexity index is 3890. The Morgan fingerprint density at radius 1 is 0.344 bits per heavy atom. The van der Waals surface area contributed by atoms with Crippen molar-refractivity contribution in [1.82, 2.24) is 19.5 Å². The quantitative estimate of drug-likeness (QED) is 0.157. The summed E-state index contributed by atoms with van der Waals surface area (Å²) >= 11 is 0. The maximum Gasteiger partial charge on any atom is 0.160 e. The molecule has 298 valence electrons. The topological polar surface area (TPSA) is 56.7 Å². The van der Waals surface area contributed by atoms with Crippen molar-refractivity contribution in [2.75, 3.05) is 0 Å². The lowest BCUT2D eigenvalue weighted by atomic mass is 9.89. The number of hydrogen-bond acceptors (Lipinski definition) is 4. The molecule has 0 unspecified atom stereocenters. The minimum absolute atomic E-state index is 0.666. The number of hydrogen-bond donors (Lipinski definition) is 0. The van der Waals surface area contributed by atoms with E-state index < -0.39 is 0 Å². The molecule has 4 aromatic heterocycles. The summed E-state index contributed by atoms with van der Waals surface area (Å²) in [5.74, 6) is 0.666. The second-order valence-electron chi connectivity index (χ2n) is 16.3. The highest BCUT2D eigenvalue weighted by Crippen LogP contribution is 2.46. The van der Waals surface area contributed by atoms with Crippen molar-refractivity contribution in [2.24, 2.45) is 0 Å². The van der Waals surface area contributed by atoms with Gasteiger partial charge in [0.2, 0.25) is 0 Å². The van der Waals surface area contributed by atoms with Crippen molar-refractivity contribution in [1.29, 1.82) is 0 Å². The van der Waals surface area contributed by atoms with Crippen molar-refractivity contribution in [3.8, 4) is 62.0 Å². The largest absolute Gasteiger partial charge is 0.456 e. The van der Waals surface area contributed by atoms with Gasteiger partial charge in [-0.3, -0.25) is 0 Å². The molecule has 0 aliphatic rings. The van der Waals surface area contributed by atoms with Crippen LogP contribution in [0.2, 0.25) is 0 Å². The molecule has 5 heteroatoms. The van der Waals surface area contributed by atoms with Crippen LogP contribution in [0.4, 0.5) is 0 Å². The first-order valence-electron chi connectivity index (χ1n) is 21.6. The Balaban J connectivity index is 0.993. The maximum absolute atomic E-state index is 6.65. The van der Waals surface area contributed by atoms with Crippen LogP contribution >= 0.6 is 0 Å². The molecule has 0 aliphatic carbocycles. The van der Waals surface area contributed by atoms with Crippen molar-refractivity contribution >= 4 is 65.4 Å². The molecule has 0 saturated carbocycles. The monoisotopic (exact) mass is 816 g/mol. The van der Waals surface area contributed by atoms with Gasteiger partial charge in [-0.05, 0) is 60.2 Å². The van der Waals surface area contributed by atoms with E-state index >= 15 is 0 Å². The van der Waals surface area contributed by atoms with Gasteiger partial charge < -0.3 is 8.98 Å². The predicted octanol–water partition coefficient (Wildman–Crippen LogP) is 15.5. The molecule has 13 rings (SSSR count). The van der Waals surface area contributed by atoms with E-state index in [1.54, 1.807) is 0 Å². The standard InChI is InChI=1S/C59H36N4O/c1-3-16-38(17-4-1)55-56-45-24-7-11-26-48(45)60-58(47(56)35-54-57(55)46-25-10-14-29-53(46)64-54)41-21-15-20-40(34-41)50-36-49(61-59(62-50)39-18-5-2-6-19-39)37-30-32-42(33-31-37)63-51-27-12-8-22-43(51)44-23-9-13-28-52(44)63/h1-36H. The summed E-state index contributed by atoms with van der Waals surface area (Å²) in [5, 5.41) is 7.95. The van der Waals surface area contributed by atoms with E-state index in [-0.39, 0.29) is 0 Å². The smallest absolute Gasteiger partial charge is 0.160 e. The van der Waals surface area contributed by atoms with Gasteiger partial charge in [0.05, 0.1) is 33.6 Å². The first-order valence-corrected chi connectivity index (χ1v) is 21.6. The van der Waals surface area contributed by atoms with Gasteiger partial charge in [-0.2, -0.15) is 0 Å². The average Bonchev–Trinajstić information content (AvgIpc) is 3.91. The number of benzene rings is 9. The van der Waals surface area contributed by atoms with Gasteiger partial charge in [-0.15, -0.1) is 0 Å². The molecule has 9 aromatic carbocycles. The van der Waals surface area contributed by atoms with E-state index in [2.05, 4.69) is 199 Å². The molecule has 64 heavy (non-hydrogen) atoms. The average molecular weight is 817 g/mol. The Hall–Kier alpha value is -8.67. The van der Waals surface area contributed by atoms with Gasteiger partial charge >= 0.3 is 0 Å². The minimum Gasteiger partial charge on any atom is -0.456 e. The third-order valence-electron chi connectivity index (χ3n) is 12.6. The molecule has 0 N–H and O–H groups in total. The van der Waals surface area contributed by atoms with Crippen LogP contribution in [-0.4, -0.2) is 19.5 Å². The summed E-state index contributed by atoms with van der Waals surface area (Å²) in [4.78, 5) is 15.9. The molecular weight excluding hydrogens is 781 g/mol. The highest BCUT2D eigenvalue weighted by Gasteiger charge is 2.22. The summed E-state index contributed by atoms with van der Waals surface area (Å²) in [5.41, 5.74) is 14.8. The molecule has 4 heterocycles. The number of rotatable bonds is 6. The first-order chi connectivity index (χ1) is 31.7. The third-order valence-corrected chi connectivity index (χ3v) is 12.6. The Labute approximate surface area is 368 Å². The lowest BCUT2D eigenvalue weighted by Crippen LogP contribution is -1.97. The third kappa shape index (κ3) is 5.75. The van der Waals surface area contributed by atoms with Crippen molar-refractivity contribution < 1.29 is 4.42 Å².